The van der Waals surface area contributed by atoms with Crippen LogP contribution in [0, 0.1) is 5.41 Å². The predicted octanol–water partition coefficient (Wildman–Crippen LogP) is 5.78. The van der Waals surface area contributed by atoms with Gasteiger partial charge in [-0.1, -0.05) is 55.7 Å². The van der Waals surface area contributed by atoms with Crippen LogP contribution in [0.5, 0.6) is 0 Å². The van der Waals surface area contributed by atoms with Crippen LogP contribution in [0.2, 0.25) is 0 Å². The Morgan fingerprint density at radius 1 is 1.36 bits per heavy atom. The molecule has 0 spiro atoms. The maximum absolute atomic E-state index is 7.65. The van der Waals surface area contributed by atoms with E-state index in [0.29, 0.717) is 5.71 Å². The van der Waals surface area contributed by atoms with Gasteiger partial charge in [-0.15, -0.1) is 0 Å². The number of allylic oxidation sites excluding steroid dienone is 14. The van der Waals surface area contributed by atoms with Gasteiger partial charge in [0, 0.05) is 5.71 Å². The molecule has 1 nitrogen and oxygen atoms in total. The number of hydrogen-bond donors (Lipinski definition) is 1. The topological polar surface area (TPSA) is 23.9 Å². The fraction of sp³-hybridized carbons (Fsp3) is 0.190. The summed E-state index contributed by atoms with van der Waals surface area (Å²) in [5, 5.41) is 7.65. The fourth-order valence-corrected chi connectivity index (χ4v) is 2.46. The summed E-state index contributed by atoms with van der Waals surface area (Å²) >= 11 is 0. The lowest BCUT2D eigenvalue weighted by atomic mass is 9.99. The first-order chi connectivity index (χ1) is 10.5. The first kappa shape index (κ1) is 16.0. The van der Waals surface area contributed by atoms with Crippen LogP contribution in [0.25, 0.3) is 0 Å². The van der Waals surface area contributed by atoms with Gasteiger partial charge >= 0.3 is 0 Å². The van der Waals surface area contributed by atoms with E-state index in [1.807, 2.05) is 6.08 Å². The van der Waals surface area contributed by atoms with Crippen LogP contribution in [0.4, 0.5) is 0 Å². The van der Waals surface area contributed by atoms with Crippen molar-refractivity contribution < 1.29 is 0 Å². The lowest BCUT2D eigenvalue weighted by molar-refractivity contribution is 1.23. The molecule has 2 aliphatic rings. The Bertz CT molecular complexity index is 700. The van der Waals surface area contributed by atoms with Gasteiger partial charge in [0.1, 0.15) is 0 Å². The summed E-state index contributed by atoms with van der Waals surface area (Å²) in [5.74, 6) is 0. The normalized spacial score (nSPS) is 21.1. The summed E-state index contributed by atoms with van der Waals surface area (Å²) in [7, 11) is 0. The van der Waals surface area contributed by atoms with Gasteiger partial charge in [-0.3, -0.25) is 0 Å². The highest BCUT2D eigenvalue weighted by molar-refractivity contribution is 5.98. The maximum Gasteiger partial charge on any atom is 0.0349 e. The van der Waals surface area contributed by atoms with Crippen LogP contribution >= 0.6 is 0 Å². The molecule has 0 fully saturated rings. The molecule has 0 amide bonds. The minimum absolute atomic E-state index is 0.492. The minimum Gasteiger partial charge on any atom is -0.305 e. The third kappa shape index (κ3) is 3.82. The van der Waals surface area contributed by atoms with E-state index in [1.165, 1.54) is 16.7 Å². The molecule has 1 N–H and O–H groups in total. The minimum atomic E-state index is 0.492. The summed E-state index contributed by atoms with van der Waals surface area (Å²) in [4.78, 5) is 0. The smallest absolute Gasteiger partial charge is 0.0349 e. The highest BCUT2D eigenvalue weighted by atomic mass is 14.4. The van der Waals surface area contributed by atoms with Gasteiger partial charge in [0.15, 0.2) is 0 Å². The van der Waals surface area contributed by atoms with Crippen LogP contribution in [-0.4, -0.2) is 5.71 Å². The first-order valence-electron chi connectivity index (χ1n) is 7.56. The van der Waals surface area contributed by atoms with E-state index in [4.69, 9.17) is 5.41 Å². The molecular weight excluding hydrogens is 266 g/mol. The summed E-state index contributed by atoms with van der Waals surface area (Å²) in [6, 6.07) is 0. The molecule has 0 bridgehead atoms. The molecule has 22 heavy (non-hydrogen) atoms. The Labute approximate surface area is 133 Å². The second kappa shape index (κ2) is 7.04. The van der Waals surface area contributed by atoms with Crippen LogP contribution in [0.1, 0.15) is 26.7 Å². The molecule has 2 rings (SSSR count). The predicted molar refractivity (Wildman–Crippen MR) is 97.2 cm³/mol. The van der Waals surface area contributed by atoms with Crippen molar-refractivity contribution in [2.75, 3.05) is 0 Å². The Morgan fingerprint density at radius 2 is 2.14 bits per heavy atom. The molecule has 1 heteroatoms. The van der Waals surface area contributed by atoms with E-state index in [-0.39, 0.29) is 0 Å². The molecule has 0 atom stereocenters. The Morgan fingerprint density at radius 3 is 2.86 bits per heavy atom. The van der Waals surface area contributed by atoms with E-state index >= 15 is 0 Å². The molecule has 0 saturated heterocycles. The molecule has 0 heterocycles. The quantitative estimate of drug-likeness (QED) is 0.634. The molecule has 0 unspecified atom stereocenters. The SMILES string of the molecule is C=C(/C=C1\C(=C)/C(=C/CC2=CCC=CC=C2)C=C1C)C(C)=N. The summed E-state index contributed by atoms with van der Waals surface area (Å²) in [6.07, 6.45) is 19.0. The van der Waals surface area contributed by atoms with Gasteiger partial charge in [0.25, 0.3) is 0 Å². The van der Waals surface area contributed by atoms with Gasteiger partial charge in [-0.2, -0.15) is 0 Å². The van der Waals surface area contributed by atoms with E-state index in [1.54, 1.807) is 6.92 Å². The van der Waals surface area contributed by atoms with E-state index in [2.05, 4.69) is 62.6 Å². The molecular formula is C21H23N. The van der Waals surface area contributed by atoms with Crippen LogP contribution < -0.4 is 0 Å². The molecule has 0 radical (unpaired) electrons. The van der Waals surface area contributed by atoms with Crippen molar-refractivity contribution in [2.24, 2.45) is 0 Å². The zero-order chi connectivity index (χ0) is 16.1. The molecule has 0 saturated carbocycles. The zero-order valence-corrected chi connectivity index (χ0v) is 13.4. The van der Waals surface area contributed by atoms with Crippen LogP contribution in [-0.2, 0) is 0 Å². The highest BCUT2D eigenvalue weighted by Crippen LogP contribution is 2.34. The molecule has 112 valence electrons. The van der Waals surface area contributed by atoms with Crippen molar-refractivity contribution in [1.29, 1.82) is 5.41 Å². The highest BCUT2D eigenvalue weighted by Gasteiger charge is 2.16. The van der Waals surface area contributed by atoms with Crippen molar-refractivity contribution in [2.45, 2.75) is 26.7 Å². The third-order valence-electron chi connectivity index (χ3n) is 3.90. The molecule has 0 aliphatic heterocycles. The third-order valence-corrected chi connectivity index (χ3v) is 3.90. The van der Waals surface area contributed by atoms with E-state index in [0.717, 1.165) is 29.6 Å². The van der Waals surface area contributed by atoms with E-state index in [9.17, 15) is 0 Å². The Hall–Kier alpha value is -2.41. The van der Waals surface area contributed by atoms with Crippen molar-refractivity contribution in [3.05, 3.63) is 95.2 Å². The van der Waals surface area contributed by atoms with Gasteiger partial charge in [0.05, 0.1) is 0 Å². The van der Waals surface area contributed by atoms with Crippen molar-refractivity contribution in [1.82, 2.24) is 0 Å². The van der Waals surface area contributed by atoms with Gasteiger partial charge < -0.3 is 5.41 Å². The number of nitrogens with one attached hydrogen (secondary N) is 1. The van der Waals surface area contributed by atoms with Gasteiger partial charge in [-0.25, -0.2) is 0 Å². The monoisotopic (exact) mass is 289 g/mol. The molecule has 2 aliphatic carbocycles. The summed E-state index contributed by atoms with van der Waals surface area (Å²) < 4.78 is 0. The first-order valence-corrected chi connectivity index (χ1v) is 7.56. The molecule has 0 aromatic heterocycles. The van der Waals surface area contributed by atoms with E-state index < -0.39 is 0 Å². The van der Waals surface area contributed by atoms with Gasteiger partial charge in [0.2, 0.25) is 0 Å². The number of rotatable bonds is 4. The average Bonchev–Trinajstić information content (AvgIpc) is 2.69. The average molecular weight is 289 g/mol. The Balaban J connectivity index is 2.16. The molecule has 0 aromatic carbocycles. The van der Waals surface area contributed by atoms with Gasteiger partial charge in [-0.05, 0) is 66.2 Å². The molecule has 0 aromatic rings. The van der Waals surface area contributed by atoms with Crippen LogP contribution in [0.15, 0.2) is 95.2 Å². The second-order valence-corrected chi connectivity index (χ2v) is 5.68. The second-order valence-electron chi connectivity index (χ2n) is 5.68. The maximum atomic E-state index is 7.65. The van der Waals surface area contributed by atoms with Crippen molar-refractivity contribution in [3.8, 4) is 0 Å². The summed E-state index contributed by atoms with van der Waals surface area (Å²) in [6.45, 7) is 12.0. The zero-order valence-electron chi connectivity index (χ0n) is 13.4. The standard InChI is InChI=1S/C21H23N/c1-15(18(4)22)14-21-16(2)13-20(17(21)3)12-11-19-9-7-5-6-8-10-19/h5-7,9-10,12-14,22H,1,3,8,11H2,2,4H3/b20-12+,21-14-,22-18?. The fourth-order valence-electron chi connectivity index (χ4n) is 2.46. The lowest BCUT2D eigenvalue weighted by Gasteiger charge is -2.05. The van der Waals surface area contributed by atoms with Crippen LogP contribution in [0.3, 0.4) is 0 Å². The number of hydrogen-bond acceptors (Lipinski definition) is 1. The Kier molecular flexibility index (Phi) is 5.11. The van der Waals surface area contributed by atoms with Crippen molar-refractivity contribution >= 4 is 5.71 Å². The van der Waals surface area contributed by atoms with Crippen molar-refractivity contribution in [3.63, 3.8) is 0 Å². The largest absolute Gasteiger partial charge is 0.305 e. The summed E-state index contributed by atoms with van der Waals surface area (Å²) in [5.41, 5.74) is 7.04. The lowest BCUT2D eigenvalue weighted by Crippen LogP contribution is -1.93.